The quantitative estimate of drug-likeness (QED) is 0.176. The van der Waals surface area contributed by atoms with E-state index in [0.717, 1.165) is 29.6 Å². The molecule has 0 aliphatic carbocycles. The number of nitrogens with one attached hydrogen (secondary N) is 1. The molecule has 0 saturated carbocycles. The predicted octanol–water partition coefficient (Wildman–Crippen LogP) is 3.77. The van der Waals surface area contributed by atoms with Gasteiger partial charge in [0.15, 0.2) is 5.96 Å². The Morgan fingerprint density at radius 2 is 1.81 bits per heavy atom. The van der Waals surface area contributed by atoms with Gasteiger partial charge in [-0.05, 0) is 38.0 Å². The van der Waals surface area contributed by atoms with Crippen LogP contribution < -0.4 is 5.32 Å². The summed E-state index contributed by atoms with van der Waals surface area (Å²) < 4.78 is 2.00. The van der Waals surface area contributed by atoms with Crippen molar-refractivity contribution in [2.24, 2.45) is 12.0 Å². The fourth-order valence-electron chi connectivity index (χ4n) is 3.52. The molecule has 0 atom stereocenters. The van der Waals surface area contributed by atoms with Crippen molar-refractivity contribution in [3.05, 3.63) is 58.4 Å². The summed E-state index contributed by atoms with van der Waals surface area (Å²) in [6.07, 6.45) is 3.38. The summed E-state index contributed by atoms with van der Waals surface area (Å²) in [4.78, 5) is 32.9. The van der Waals surface area contributed by atoms with Crippen LogP contribution in [0.25, 0.3) is 0 Å². The molecule has 0 radical (unpaired) electrons. The van der Waals surface area contributed by atoms with E-state index in [2.05, 4.69) is 15.2 Å². The van der Waals surface area contributed by atoms with Crippen LogP contribution in [0.15, 0.2) is 41.5 Å². The zero-order valence-electron chi connectivity index (χ0n) is 18.1. The number of unbranched alkanes of at least 4 members (excludes halogenated alkanes) is 1. The van der Waals surface area contributed by atoms with E-state index in [1.807, 2.05) is 37.8 Å². The van der Waals surface area contributed by atoms with Crippen LogP contribution in [0, 0.1) is 0 Å². The maximum Gasteiger partial charge on any atom is 0.261 e. The van der Waals surface area contributed by atoms with Gasteiger partial charge in [-0.3, -0.25) is 19.5 Å². The Hall–Kier alpha value is -2.07. The average molecular weight is 558 g/mol. The maximum absolute atomic E-state index is 12.4. The molecule has 0 fully saturated rings. The molecule has 2 aromatic rings. The highest BCUT2D eigenvalue weighted by atomic mass is 127. The largest absolute Gasteiger partial charge is 0.357 e. The topological polar surface area (TPSA) is 69.9 Å². The van der Waals surface area contributed by atoms with E-state index in [9.17, 15) is 9.59 Å². The minimum Gasteiger partial charge on any atom is -0.357 e. The van der Waals surface area contributed by atoms with Gasteiger partial charge in [-0.1, -0.05) is 23.7 Å². The highest BCUT2D eigenvalue weighted by molar-refractivity contribution is 14.0. The van der Waals surface area contributed by atoms with E-state index in [-0.39, 0.29) is 35.8 Å². The van der Waals surface area contributed by atoms with E-state index in [0.29, 0.717) is 37.2 Å². The molecule has 1 aliphatic rings. The summed E-state index contributed by atoms with van der Waals surface area (Å²) in [7, 11) is 3.96. The number of carbonyl (C=O) groups is 2. The zero-order chi connectivity index (χ0) is 21.7. The Kier molecular flexibility index (Phi) is 9.36. The lowest BCUT2D eigenvalue weighted by atomic mass is 10.1. The van der Waals surface area contributed by atoms with Crippen LogP contribution in [0.1, 0.15) is 46.2 Å². The lowest BCUT2D eigenvalue weighted by molar-refractivity contribution is 0.0652. The third kappa shape index (κ3) is 6.00. The number of amides is 2. The molecule has 0 spiro atoms. The lowest BCUT2D eigenvalue weighted by Gasteiger charge is -2.22. The average Bonchev–Trinajstić information content (AvgIpc) is 3.17. The first-order chi connectivity index (χ1) is 14.4. The Morgan fingerprint density at radius 1 is 1.16 bits per heavy atom. The molecule has 7 nitrogen and oxygen atoms in total. The number of hydrogen-bond donors (Lipinski definition) is 1. The van der Waals surface area contributed by atoms with Crippen LogP contribution in [0.2, 0.25) is 5.02 Å². The molecule has 3 rings (SSSR count). The molecule has 2 heterocycles. The molecule has 2 amide bonds. The van der Waals surface area contributed by atoms with Gasteiger partial charge in [0.1, 0.15) is 0 Å². The molecular weight excluding hydrogens is 529 g/mol. The van der Waals surface area contributed by atoms with E-state index in [1.165, 1.54) is 4.90 Å². The second kappa shape index (κ2) is 11.5. The van der Waals surface area contributed by atoms with Crippen molar-refractivity contribution in [3.8, 4) is 0 Å². The van der Waals surface area contributed by atoms with Crippen LogP contribution in [0.3, 0.4) is 0 Å². The van der Waals surface area contributed by atoms with Crippen molar-refractivity contribution in [1.29, 1.82) is 0 Å². The van der Waals surface area contributed by atoms with Crippen LogP contribution in [0.4, 0.5) is 0 Å². The summed E-state index contributed by atoms with van der Waals surface area (Å²) >= 11 is 6.08. The number of imide groups is 1. The molecule has 0 saturated heterocycles. The number of hydrogen-bond acceptors (Lipinski definition) is 3. The molecule has 0 unspecified atom stereocenters. The third-order valence-corrected chi connectivity index (χ3v) is 5.31. The van der Waals surface area contributed by atoms with Crippen molar-refractivity contribution in [1.82, 2.24) is 19.7 Å². The normalized spacial score (nSPS) is 13.3. The number of aromatic nitrogens is 1. The molecule has 31 heavy (non-hydrogen) atoms. The minimum absolute atomic E-state index is 0. The van der Waals surface area contributed by atoms with Gasteiger partial charge in [0.25, 0.3) is 11.8 Å². The number of fused-ring (bicyclic) bond motifs is 1. The van der Waals surface area contributed by atoms with E-state index in [1.54, 1.807) is 24.3 Å². The summed E-state index contributed by atoms with van der Waals surface area (Å²) in [5.41, 5.74) is 2.09. The van der Waals surface area contributed by atoms with Crippen molar-refractivity contribution in [2.45, 2.75) is 26.3 Å². The molecule has 1 aromatic heterocycles. The predicted molar refractivity (Wildman–Crippen MR) is 134 cm³/mol. The third-order valence-electron chi connectivity index (χ3n) is 5.10. The molecule has 0 bridgehead atoms. The van der Waals surface area contributed by atoms with Crippen molar-refractivity contribution in [3.63, 3.8) is 0 Å². The summed E-state index contributed by atoms with van der Waals surface area (Å²) in [5, 5.41) is 4.02. The number of aliphatic imine (C=N–C) groups is 1. The molecular formula is C22H29ClIN5O2. The molecule has 9 heteroatoms. The number of rotatable bonds is 8. The highest BCUT2D eigenvalue weighted by Crippen LogP contribution is 2.22. The van der Waals surface area contributed by atoms with Crippen molar-refractivity contribution < 1.29 is 9.59 Å². The summed E-state index contributed by atoms with van der Waals surface area (Å²) in [6, 6.07) is 8.93. The van der Waals surface area contributed by atoms with Gasteiger partial charge in [0.2, 0.25) is 0 Å². The van der Waals surface area contributed by atoms with Gasteiger partial charge >= 0.3 is 0 Å². The van der Waals surface area contributed by atoms with Crippen molar-refractivity contribution >= 4 is 53.4 Å². The Labute approximate surface area is 205 Å². The second-order valence-corrected chi connectivity index (χ2v) is 7.80. The lowest BCUT2D eigenvalue weighted by Crippen LogP contribution is -2.39. The first-order valence-corrected chi connectivity index (χ1v) is 10.6. The van der Waals surface area contributed by atoms with Gasteiger partial charge < -0.3 is 14.8 Å². The van der Waals surface area contributed by atoms with Crippen LogP contribution in [-0.2, 0) is 13.6 Å². The first kappa shape index (κ1) is 25.2. The minimum atomic E-state index is -0.201. The van der Waals surface area contributed by atoms with Gasteiger partial charge in [-0.25, -0.2) is 0 Å². The molecule has 1 aromatic carbocycles. The van der Waals surface area contributed by atoms with Gasteiger partial charge in [0, 0.05) is 45.6 Å². The first-order valence-electron chi connectivity index (χ1n) is 10.2. The Balaban J connectivity index is 0.00000341. The Bertz CT molecular complexity index is 924. The highest BCUT2D eigenvalue weighted by Gasteiger charge is 2.34. The number of nitrogens with zero attached hydrogens (tertiary/aromatic N) is 4. The van der Waals surface area contributed by atoms with Crippen molar-refractivity contribution in [2.75, 3.05) is 26.7 Å². The summed E-state index contributed by atoms with van der Waals surface area (Å²) in [5.74, 6) is 0.414. The standard InChI is InChI=1S/C22H28ClN5O2.HI/c1-4-24-22(27(3)15-17-13-16(23)14-26(17)2)25-11-7-8-12-28-20(29)18-9-5-6-10-19(18)21(28)30;/h5-6,9-10,13-14H,4,7-8,11-12,15H2,1-3H3,(H,24,25);1H. The zero-order valence-corrected chi connectivity index (χ0v) is 21.2. The summed E-state index contributed by atoms with van der Waals surface area (Å²) in [6.45, 7) is 4.51. The van der Waals surface area contributed by atoms with Gasteiger partial charge in [-0.15, -0.1) is 24.0 Å². The van der Waals surface area contributed by atoms with Gasteiger partial charge in [0.05, 0.1) is 22.7 Å². The van der Waals surface area contributed by atoms with Gasteiger partial charge in [-0.2, -0.15) is 0 Å². The SMILES string of the molecule is CCNC(=NCCCCN1C(=O)c2ccccc2C1=O)N(C)Cc1cc(Cl)cn1C.I. The number of aryl methyl sites for hydroxylation is 1. The molecule has 1 aliphatic heterocycles. The molecule has 168 valence electrons. The van der Waals surface area contributed by atoms with E-state index in [4.69, 9.17) is 11.6 Å². The van der Waals surface area contributed by atoms with Crippen LogP contribution in [0.5, 0.6) is 0 Å². The van der Waals surface area contributed by atoms with E-state index < -0.39 is 0 Å². The maximum atomic E-state index is 12.4. The van der Waals surface area contributed by atoms with E-state index >= 15 is 0 Å². The smallest absolute Gasteiger partial charge is 0.261 e. The van der Waals surface area contributed by atoms with Crippen LogP contribution in [-0.4, -0.2) is 58.8 Å². The fourth-order valence-corrected chi connectivity index (χ4v) is 3.79. The number of guanidine groups is 1. The Morgan fingerprint density at radius 3 is 2.35 bits per heavy atom. The second-order valence-electron chi connectivity index (χ2n) is 7.37. The number of benzene rings is 1. The van der Waals surface area contributed by atoms with Crippen LogP contribution >= 0.6 is 35.6 Å². The fraction of sp³-hybridized carbons (Fsp3) is 0.409. The number of halogens is 2. The molecule has 1 N–H and O–H groups in total. The monoisotopic (exact) mass is 557 g/mol. The number of carbonyl (C=O) groups excluding carboxylic acids is 2.